The zero-order chi connectivity index (χ0) is 16.9. The van der Waals surface area contributed by atoms with Crippen molar-refractivity contribution < 1.29 is 9.59 Å². The molecule has 0 fully saturated rings. The Kier molecular flexibility index (Phi) is 9.95. The van der Waals surface area contributed by atoms with Gasteiger partial charge >= 0.3 is 0 Å². The Labute approximate surface area is 146 Å². The molecule has 0 saturated carbocycles. The van der Waals surface area contributed by atoms with Gasteiger partial charge in [0.2, 0.25) is 5.91 Å². The van der Waals surface area contributed by atoms with Crippen molar-refractivity contribution in [3.8, 4) is 0 Å². The molecule has 126 valence electrons. The first-order valence-corrected chi connectivity index (χ1v) is 8.77. The topological polar surface area (TPSA) is 70.6 Å². The maximum absolute atomic E-state index is 12.0. The van der Waals surface area contributed by atoms with Gasteiger partial charge in [-0.2, -0.15) is 5.10 Å². The van der Waals surface area contributed by atoms with Crippen molar-refractivity contribution in [2.45, 2.75) is 45.4 Å². The number of nitrogens with zero attached hydrogens (tertiary/aromatic N) is 1. The summed E-state index contributed by atoms with van der Waals surface area (Å²) in [7, 11) is 0. The smallest absolute Gasteiger partial charge is 0.252 e. The molecule has 1 aromatic carbocycles. The first-order chi connectivity index (χ1) is 11.1. The minimum Gasteiger partial charge on any atom is -0.352 e. The van der Waals surface area contributed by atoms with E-state index in [2.05, 4.69) is 38.7 Å². The van der Waals surface area contributed by atoms with E-state index in [9.17, 15) is 9.59 Å². The Morgan fingerprint density at radius 2 is 2.00 bits per heavy atom. The van der Waals surface area contributed by atoms with E-state index in [0.29, 0.717) is 18.5 Å². The summed E-state index contributed by atoms with van der Waals surface area (Å²) < 4.78 is 0.790. The van der Waals surface area contributed by atoms with Crippen LogP contribution in [0.4, 0.5) is 0 Å². The summed E-state index contributed by atoms with van der Waals surface area (Å²) in [4.78, 5) is 23.4. The van der Waals surface area contributed by atoms with Crippen LogP contribution in [0.15, 0.2) is 33.8 Å². The molecule has 0 radical (unpaired) electrons. The number of halogens is 1. The van der Waals surface area contributed by atoms with Crippen LogP contribution in [0.3, 0.4) is 0 Å². The molecule has 1 aromatic rings. The highest BCUT2D eigenvalue weighted by Crippen LogP contribution is 2.15. The normalized spacial score (nSPS) is 10.7. The molecule has 0 atom stereocenters. The van der Waals surface area contributed by atoms with E-state index in [4.69, 9.17) is 0 Å². The van der Waals surface area contributed by atoms with E-state index in [1.54, 1.807) is 12.3 Å². The molecule has 0 aromatic heterocycles. The lowest BCUT2D eigenvalue weighted by atomic mass is 10.2. The largest absolute Gasteiger partial charge is 0.352 e. The molecule has 5 nitrogen and oxygen atoms in total. The highest BCUT2D eigenvalue weighted by Gasteiger charge is 2.07. The van der Waals surface area contributed by atoms with Crippen LogP contribution in [0, 0.1) is 0 Å². The molecule has 0 bridgehead atoms. The van der Waals surface area contributed by atoms with Crippen LogP contribution in [0.1, 0.15) is 55.8 Å². The number of hydrazone groups is 1. The van der Waals surface area contributed by atoms with Crippen LogP contribution in [0.5, 0.6) is 0 Å². The Bertz CT molecular complexity index is 532. The molecular formula is C17H24BrN3O2. The van der Waals surface area contributed by atoms with Gasteiger partial charge in [0, 0.05) is 23.7 Å². The van der Waals surface area contributed by atoms with Gasteiger partial charge < -0.3 is 5.32 Å². The highest BCUT2D eigenvalue weighted by molar-refractivity contribution is 9.10. The number of unbranched alkanes of at least 4 members (excludes halogenated alkanes) is 3. The Balaban J connectivity index is 2.08. The molecule has 0 heterocycles. The molecule has 1 rings (SSSR count). The summed E-state index contributed by atoms with van der Waals surface area (Å²) in [5.41, 5.74) is 3.15. The summed E-state index contributed by atoms with van der Waals surface area (Å²) in [6.07, 6.45) is 6.60. The maximum Gasteiger partial charge on any atom is 0.252 e. The zero-order valence-electron chi connectivity index (χ0n) is 13.5. The van der Waals surface area contributed by atoms with Crippen LogP contribution in [0.2, 0.25) is 0 Å². The van der Waals surface area contributed by atoms with Crippen LogP contribution in [-0.4, -0.2) is 24.6 Å². The molecule has 23 heavy (non-hydrogen) atoms. The van der Waals surface area contributed by atoms with Crippen molar-refractivity contribution in [1.82, 2.24) is 10.7 Å². The van der Waals surface area contributed by atoms with E-state index in [1.807, 2.05) is 18.2 Å². The second-order valence-corrected chi connectivity index (χ2v) is 6.04. The summed E-state index contributed by atoms with van der Waals surface area (Å²) in [5, 5.41) is 6.74. The van der Waals surface area contributed by atoms with E-state index >= 15 is 0 Å². The number of hydrogen-bond acceptors (Lipinski definition) is 3. The van der Waals surface area contributed by atoms with Crippen molar-refractivity contribution >= 4 is 34.0 Å². The van der Waals surface area contributed by atoms with Gasteiger partial charge in [-0.1, -0.05) is 31.9 Å². The fraction of sp³-hybridized carbons (Fsp3) is 0.471. The van der Waals surface area contributed by atoms with E-state index in [0.717, 1.165) is 36.6 Å². The lowest BCUT2D eigenvalue weighted by Gasteiger charge is -2.06. The van der Waals surface area contributed by atoms with Crippen LogP contribution >= 0.6 is 15.9 Å². The fourth-order valence-corrected chi connectivity index (χ4v) is 2.36. The Morgan fingerprint density at radius 3 is 2.74 bits per heavy atom. The maximum atomic E-state index is 12.0. The van der Waals surface area contributed by atoms with E-state index in [1.165, 1.54) is 0 Å². The number of nitrogens with one attached hydrogen (secondary N) is 2. The molecule has 6 heteroatoms. The van der Waals surface area contributed by atoms with Gasteiger partial charge in [0.25, 0.3) is 5.91 Å². The third-order valence-corrected chi connectivity index (χ3v) is 3.87. The van der Waals surface area contributed by atoms with Gasteiger partial charge in [0.15, 0.2) is 0 Å². The van der Waals surface area contributed by atoms with Crippen molar-refractivity contribution in [2.24, 2.45) is 5.10 Å². The second-order valence-electron chi connectivity index (χ2n) is 5.18. The third-order valence-electron chi connectivity index (χ3n) is 3.18. The van der Waals surface area contributed by atoms with Gasteiger partial charge in [0.1, 0.15) is 0 Å². The molecule has 0 aliphatic carbocycles. The fourth-order valence-electron chi connectivity index (χ4n) is 1.90. The molecule has 0 aliphatic heterocycles. The van der Waals surface area contributed by atoms with Crippen molar-refractivity contribution in [3.63, 3.8) is 0 Å². The average Bonchev–Trinajstić information content (AvgIpc) is 2.55. The number of carbonyl (C=O) groups excluding carboxylic acids is 2. The second kappa shape index (κ2) is 11.8. The predicted octanol–water partition coefficient (Wildman–Crippen LogP) is 3.64. The molecule has 0 unspecified atom stereocenters. The minimum atomic E-state index is -0.0829. The van der Waals surface area contributed by atoms with Crippen LogP contribution in [-0.2, 0) is 4.79 Å². The van der Waals surface area contributed by atoms with Crippen molar-refractivity contribution in [1.29, 1.82) is 0 Å². The highest BCUT2D eigenvalue weighted by atomic mass is 79.9. The van der Waals surface area contributed by atoms with E-state index < -0.39 is 0 Å². The van der Waals surface area contributed by atoms with Gasteiger partial charge in [0.05, 0.1) is 5.56 Å². The van der Waals surface area contributed by atoms with Crippen molar-refractivity contribution in [2.75, 3.05) is 6.54 Å². The molecule has 2 N–H and O–H groups in total. The Morgan fingerprint density at radius 1 is 1.22 bits per heavy atom. The van der Waals surface area contributed by atoms with Crippen LogP contribution in [0.25, 0.3) is 0 Å². The molecule has 0 saturated heterocycles. The lowest BCUT2D eigenvalue weighted by molar-refractivity contribution is -0.121. The van der Waals surface area contributed by atoms with E-state index in [-0.39, 0.29) is 11.8 Å². The standard InChI is InChI=1S/C17H24BrN3O2/c1-2-3-13-20-21-16(22)11-5-4-8-12-19-17(23)14-9-6-7-10-15(14)18/h6-7,9-10,13H,2-5,8,11-12H2,1H3,(H,19,23)(H,21,22). The van der Waals surface area contributed by atoms with Gasteiger partial charge in [-0.15, -0.1) is 0 Å². The number of carbonyl (C=O) groups is 2. The number of benzene rings is 1. The number of amides is 2. The quantitative estimate of drug-likeness (QED) is 0.369. The molecule has 0 aliphatic rings. The summed E-state index contributed by atoms with van der Waals surface area (Å²) >= 11 is 3.36. The monoisotopic (exact) mass is 381 g/mol. The van der Waals surface area contributed by atoms with Gasteiger partial charge in [-0.05, 0) is 47.3 Å². The zero-order valence-corrected chi connectivity index (χ0v) is 15.1. The van der Waals surface area contributed by atoms with Crippen molar-refractivity contribution in [3.05, 3.63) is 34.3 Å². The predicted molar refractivity (Wildman–Crippen MR) is 96.5 cm³/mol. The van der Waals surface area contributed by atoms with Crippen LogP contribution < -0.4 is 10.7 Å². The SMILES string of the molecule is CCCC=NNC(=O)CCCCCNC(=O)c1ccccc1Br. The molecular weight excluding hydrogens is 358 g/mol. The average molecular weight is 382 g/mol. The van der Waals surface area contributed by atoms with Gasteiger partial charge in [-0.3, -0.25) is 9.59 Å². The third kappa shape index (κ3) is 8.50. The lowest BCUT2D eigenvalue weighted by Crippen LogP contribution is -2.24. The molecule has 0 spiro atoms. The summed E-state index contributed by atoms with van der Waals surface area (Å²) in [6, 6.07) is 7.33. The summed E-state index contributed by atoms with van der Waals surface area (Å²) in [6.45, 7) is 2.67. The first-order valence-electron chi connectivity index (χ1n) is 7.98. The number of rotatable bonds is 10. The minimum absolute atomic E-state index is 0.0606. The Hall–Kier alpha value is -1.69. The number of hydrogen-bond donors (Lipinski definition) is 2. The molecule has 2 amide bonds. The first kappa shape index (κ1) is 19.4. The summed E-state index contributed by atoms with van der Waals surface area (Å²) in [5.74, 6) is -0.143. The van der Waals surface area contributed by atoms with Gasteiger partial charge in [-0.25, -0.2) is 5.43 Å².